The second kappa shape index (κ2) is 12.6. The minimum Gasteiger partial charge on any atom is -0.352 e. The van der Waals surface area contributed by atoms with Crippen LogP contribution in [-0.2, 0) is 26.2 Å². The van der Waals surface area contributed by atoms with Gasteiger partial charge in [0.1, 0.15) is 12.6 Å². The van der Waals surface area contributed by atoms with E-state index in [9.17, 15) is 18.0 Å². The van der Waals surface area contributed by atoms with Crippen molar-refractivity contribution in [1.29, 1.82) is 0 Å². The molecular weight excluding hydrogens is 486 g/mol. The number of amides is 2. The van der Waals surface area contributed by atoms with E-state index in [4.69, 9.17) is 0 Å². The van der Waals surface area contributed by atoms with Gasteiger partial charge in [-0.1, -0.05) is 73.7 Å². The first-order chi connectivity index (χ1) is 17.5. The van der Waals surface area contributed by atoms with Crippen LogP contribution in [0.3, 0.4) is 0 Å². The molecule has 1 atom stereocenters. The molecule has 8 heteroatoms. The molecule has 1 N–H and O–H groups in total. The lowest BCUT2D eigenvalue weighted by Gasteiger charge is -2.34. The number of nitrogens with one attached hydrogen (secondary N) is 1. The lowest BCUT2D eigenvalue weighted by atomic mass is 9.95. The third kappa shape index (κ3) is 7.81. The van der Waals surface area contributed by atoms with Gasteiger partial charge < -0.3 is 10.2 Å². The third-order valence-corrected chi connectivity index (χ3v) is 8.20. The van der Waals surface area contributed by atoms with Gasteiger partial charge in [-0.25, -0.2) is 8.42 Å². The second-order valence-electron chi connectivity index (χ2n) is 10.3. The summed E-state index contributed by atoms with van der Waals surface area (Å²) in [4.78, 5) is 28.9. The summed E-state index contributed by atoms with van der Waals surface area (Å²) in [5.74, 6) is -0.578. The van der Waals surface area contributed by atoms with Gasteiger partial charge in [0.25, 0.3) is 0 Å². The Morgan fingerprint density at radius 3 is 2.27 bits per heavy atom. The number of sulfonamides is 1. The predicted molar refractivity (Wildman–Crippen MR) is 149 cm³/mol. The highest BCUT2D eigenvalue weighted by Crippen LogP contribution is 2.25. The fourth-order valence-electron chi connectivity index (χ4n) is 5.15. The topological polar surface area (TPSA) is 86.8 Å². The molecular formula is C29H41N3O4S. The van der Waals surface area contributed by atoms with E-state index in [0.717, 1.165) is 58.5 Å². The molecule has 202 valence electrons. The zero-order valence-electron chi connectivity index (χ0n) is 22.8. The SMILES string of the molecule is CC[C@H](C(=O)NC1CCCCC1)N(Cc1cccc(C)c1)C(=O)CN(c1ccc(C)cc1C)S(C)(=O)=O. The molecule has 2 amide bonds. The Labute approximate surface area is 222 Å². The molecule has 0 bridgehead atoms. The highest BCUT2D eigenvalue weighted by Gasteiger charge is 2.33. The summed E-state index contributed by atoms with van der Waals surface area (Å²) < 4.78 is 26.8. The van der Waals surface area contributed by atoms with E-state index in [1.54, 1.807) is 11.0 Å². The van der Waals surface area contributed by atoms with Crippen molar-refractivity contribution < 1.29 is 18.0 Å². The molecule has 1 aliphatic carbocycles. The largest absolute Gasteiger partial charge is 0.352 e. The maximum Gasteiger partial charge on any atom is 0.244 e. The number of aryl methyl sites for hydroxylation is 3. The van der Waals surface area contributed by atoms with E-state index in [0.29, 0.717) is 12.1 Å². The van der Waals surface area contributed by atoms with E-state index in [2.05, 4.69) is 5.32 Å². The number of benzene rings is 2. The molecule has 0 spiro atoms. The molecule has 0 heterocycles. The van der Waals surface area contributed by atoms with Crippen molar-refractivity contribution in [3.05, 3.63) is 64.7 Å². The van der Waals surface area contributed by atoms with Crippen molar-refractivity contribution in [2.24, 2.45) is 0 Å². The molecule has 1 fully saturated rings. The van der Waals surface area contributed by atoms with E-state index >= 15 is 0 Å². The van der Waals surface area contributed by atoms with Crippen LogP contribution in [0.1, 0.15) is 67.7 Å². The first kappa shape index (κ1) is 28.7. The van der Waals surface area contributed by atoms with Gasteiger partial charge in [0.15, 0.2) is 0 Å². The maximum atomic E-state index is 13.9. The van der Waals surface area contributed by atoms with Gasteiger partial charge >= 0.3 is 0 Å². The molecule has 2 aromatic carbocycles. The van der Waals surface area contributed by atoms with Crippen molar-refractivity contribution in [3.8, 4) is 0 Å². The molecule has 0 radical (unpaired) electrons. The summed E-state index contributed by atoms with van der Waals surface area (Å²) in [5, 5.41) is 3.17. The van der Waals surface area contributed by atoms with Crippen LogP contribution in [0.2, 0.25) is 0 Å². The Balaban J connectivity index is 1.93. The van der Waals surface area contributed by atoms with Crippen LogP contribution in [0.5, 0.6) is 0 Å². The first-order valence-electron chi connectivity index (χ1n) is 13.2. The molecule has 1 aliphatic rings. The molecule has 3 rings (SSSR count). The van der Waals surface area contributed by atoms with Crippen LogP contribution in [0.15, 0.2) is 42.5 Å². The van der Waals surface area contributed by atoms with Gasteiger partial charge in [-0.2, -0.15) is 0 Å². The summed E-state index contributed by atoms with van der Waals surface area (Å²) >= 11 is 0. The monoisotopic (exact) mass is 527 g/mol. The van der Waals surface area contributed by atoms with Crippen molar-refractivity contribution >= 4 is 27.5 Å². The molecule has 1 saturated carbocycles. The Morgan fingerprint density at radius 1 is 1.00 bits per heavy atom. The second-order valence-corrected chi connectivity index (χ2v) is 12.2. The zero-order chi connectivity index (χ0) is 27.2. The summed E-state index contributed by atoms with van der Waals surface area (Å²) in [6, 6.07) is 12.7. The summed E-state index contributed by atoms with van der Waals surface area (Å²) in [6.45, 7) is 7.49. The van der Waals surface area contributed by atoms with Crippen LogP contribution in [0, 0.1) is 20.8 Å². The molecule has 0 aromatic heterocycles. The van der Waals surface area contributed by atoms with Crippen LogP contribution in [-0.4, -0.2) is 50.0 Å². The number of carbonyl (C=O) groups excluding carboxylic acids is 2. The highest BCUT2D eigenvalue weighted by molar-refractivity contribution is 7.92. The Hall–Kier alpha value is -2.87. The fraction of sp³-hybridized carbons (Fsp3) is 0.517. The van der Waals surface area contributed by atoms with Crippen LogP contribution < -0.4 is 9.62 Å². The number of rotatable bonds is 10. The van der Waals surface area contributed by atoms with Crippen molar-refractivity contribution in [3.63, 3.8) is 0 Å². The van der Waals surface area contributed by atoms with Gasteiger partial charge in [0.2, 0.25) is 21.8 Å². The number of carbonyl (C=O) groups is 2. The van der Waals surface area contributed by atoms with Crippen molar-refractivity contribution in [1.82, 2.24) is 10.2 Å². The Morgan fingerprint density at radius 2 is 1.68 bits per heavy atom. The normalized spacial score (nSPS) is 15.2. The van der Waals surface area contributed by atoms with Gasteiger partial charge in [0.05, 0.1) is 11.9 Å². The molecule has 0 aliphatic heterocycles. The van der Waals surface area contributed by atoms with Gasteiger partial charge in [0, 0.05) is 12.6 Å². The van der Waals surface area contributed by atoms with Gasteiger partial charge in [-0.15, -0.1) is 0 Å². The number of nitrogens with zero attached hydrogens (tertiary/aromatic N) is 2. The lowest BCUT2D eigenvalue weighted by molar-refractivity contribution is -0.140. The third-order valence-electron chi connectivity index (χ3n) is 7.07. The predicted octanol–water partition coefficient (Wildman–Crippen LogP) is 4.63. The summed E-state index contributed by atoms with van der Waals surface area (Å²) in [5.41, 5.74) is 4.20. The number of hydrogen-bond donors (Lipinski definition) is 1. The lowest BCUT2D eigenvalue weighted by Crippen LogP contribution is -2.54. The fourth-order valence-corrected chi connectivity index (χ4v) is 6.06. The summed E-state index contributed by atoms with van der Waals surface area (Å²) in [7, 11) is -3.75. The van der Waals surface area contributed by atoms with Crippen molar-refractivity contribution in [2.45, 2.75) is 84.8 Å². The molecule has 2 aromatic rings. The van der Waals surface area contributed by atoms with Gasteiger partial charge in [-0.3, -0.25) is 13.9 Å². The average Bonchev–Trinajstić information content (AvgIpc) is 2.83. The molecule has 0 unspecified atom stereocenters. The van der Waals surface area contributed by atoms with E-state index in [1.165, 1.54) is 6.42 Å². The average molecular weight is 528 g/mol. The zero-order valence-corrected chi connectivity index (χ0v) is 23.6. The van der Waals surface area contributed by atoms with E-state index in [1.807, 2.05) is 64.1 Å². The minimum absolute atomic E-state index is 0.119. The minimum atomic E-state index is -3.75. The van der Waals surface area contributed by atoms with E-state index < -0.39 is 22.0 Å². The van der Waals surface area contributed by atoms with Crippen LogP contribution in [0.25, 0.3) is 0 Å². The standard InChI is InChI=1S/C29H41N3O4S/c1-6-26(29(34)30-25-13-8-7-9-14-25)31(19-24-12-10-11-21(2)18-24)28(33)20-32(37(5,35)36)27-16-15-22(3)17-23(27)4/h10-12,15-18,25-26H,6-9,13-14,19-20H2,1-5H3,(H,30,34)/t26-/m1/s1. The Kier molecular flexibility index (Phi) is 9.76. The van der Waals surface area contributed by atoms with Crippen molar-refractivity contribution in [2.75, 3.05) is 17.1 Å². The van der Waals surface area contributed by atoms with E-state index in [-0.39, 0.29) is 25.0 Å². The molecule has 37 heavy (non-hydrogen) atoms. The molecule has 0 saturated heterocycles. The number of hydrogen-bond acceptors (Lipinski definition) is 4. The van der Waals surface area contributed by atoms with Crippen LogP contribution >= 0.6 is 0 Å². The summed E-state index contributed by atoms with van der Waals surface area (Å²) in [6.07, 6.45) is 6.79. The maximum absolute atomic E-state index is 13.9. The molecule has 7 nitrogen and oxygen atoms in total. The smallest absolute Gasteiger partial charge is 0.244 e. The Bertz CT molecular complexity index is 1210. The van der Waals surface area contributed by atoms with Crippen LogP contribution in [0.4, 0.5) is 5.69 Å². The first-order valence-corrected chi connectivity index (χ1v) is 15.0. The van der Waals surface area contributed by atoms with Gasteiger partial charge in [-0.05, 0) is 57.2 Å². The number of anilines is 1. The highest BCUT2D eigenvalue weighted by atomic mass is 32.2. The quantitative estimate of drug-likeness (QED) is 0.488.